The third-order valence-corrected chi connectivity index (χ3v) is 3.33. The van der Waals surface area contributed by atoms with Crippen molar-refractivity contribution in [1.29, 1.82) is 0 Å². The van der Waals surface area contributed by atoms with Crippen molar-refractivity contribution in [3.63, 3.8) is 0 Å². The number of aryl methyl sites for hydroxylation is 1. The Bertz CT molecular complexity index is 526. The van der Waals surface area contributed by atoms with Gasteiger partial charge >= 0.3 is 0 Å². The summed E-state index contributed by atoms with van der Waals surface area (Å²) in [5.74, 6) is -0.588. The molecule has 0 spiro atoms. The largest absolute Gasteiger partial charge is 0.330 e. The number of benzene rings is 2. The Morgan fingerprint density at radius 2 is 1.74 bits per heavy atom. The third kappa shape index (κ3) is 3.61. The lowest BCUT2D eigenvalue weighted by Gasteiger charge is -2.15. The fourth-order valence-electron chi connectivity index (χ4n) is 2.21. The van der Waals surface area contributed by atoms with Gasteiger partial charge in [0.15, 0.2) is 0 Å². The summed E-state index contributed by atoms with van der Waals surface area (Å²) in [7, 11) is 0. The number of hydrogen-bond donors (Lipinski definition) is 1. The molecule has 3 heteroatoms. The molecule has 0 saturated carbocycles. The van der Waals surface area contributed by atoms with E-state index in [1.807, 2.05) is 30.3 Å². The first-order valence-corrected chi connectivity index (χ1v) is 6.39. The van der Waals surface area contributed by atoms with Crippen LogP contribution in [0, 0.1) is 11.6 Å². The van der Waals surface area contributed by atoms with Crippen LogP contribution in [-0.4, -0.2) is 6.54 Å². The predicted molar refractivity (Wildman–Crippen MR) is 72.9 cm³/mol. The molecule has 0 aliphatic carbocycles. The van der Waals surface area contributed by atoms with Crippen LogP contribution in [0.15, 0.2) is 48.5 Å². The van der Waals surface area contributed by atoms with Crippen LogP contribution in [0.1, 0.15) is 23.5 Å². The summed E-state index contributed by atoms with van der Waals surface area (Å²) < 4.78 is 26.6. The highest BCUT2D eigenvalue weighted by molar-refractivity contribution is 5.22. The van der Waals surface area contributed by atoms with Crippen molar-refractivity contribution in [3.8, 4) is 0 Å². The number of hydrogen-bond acceptors (Lipinski definition) is 1. The van der Waals surface area contributed by atoms with Crippen molar-refractivity contribution in [2.45, 2.75) is 18.8 Å². The summed E-state index contributed by atoms with van der Waals surface area (Å²) >= 11 is 0. The minimum absolute atomic E-state index is 0.170. The van der Waals surface area contributed by atoms with Gasteiger partial charge in [0.25, 0.3) is 0 Å². The summed E-state index contributed by atoms with van der Waals surface area (Å²) in [5, 5.41) is 0. The molecule has 2 N–H and O–H groups in total. The molecule has 0 bridgehead atoms. The normalized spacial score (nSPS) is 12.4. The molecule has 2 aromatic carbocycles. The van der Waals surface area contributed by atoms with Crippen molar-refractivity contribution in [1.82, 2.24) is 0 Å². The molecule has 0 radical (unpaired) electrons. The molecule has 0 aliphatic rings. The lowest BCUT2D eigenvalue weighted by molar-refractivity contribution is 0.566. The lowest BCUT2D eigenvalue weighted by Crippen LogP contribution is -2.13. The Morgan fingerprint density at radius 1 is 1.00 bits per heavy atom. The SMILES string of the molecule is NCC(CCc1cc(F)ccc1F)c1ccccc1. The van der Waals surface area contributed by atoms with Gasteiger partial charge in [-0.1, -0.05) is 30.3 Å². The van der Waals surface area contributed by atoms with Crippen LogP contribution >= 0.6 is 0 Å². The topological polar surface area (TPSA) is 26.0 Å². The maximum Gasteiger partial charge on any atom is 0.126 e. The highest BCUT2D eigenvalue weighted by Gasteiger charge is 2.11. The van der Waals surface area contributed by atoms with Gasteiger partial charge < -0.3 is 5.73 Å². The van der Waals surface area contributed by atoms with E-state index >= 15 is 0 Å². The van der Waals surface area contributed by atoms with Crippen LogP contribution in [0.25, 0.3) is 0 Å². The zero-order chi connectivity index (χ0) is 13.7. The average molecular weight is 261 g/mol. The molecule has 1 unspecified atom stereocenters. The van der Waals surface area contributed by atoms with E-state index in [1.54, 1.807) is 0 Å². The van der Waals surface area contributed by atoms with Crippen molar-refractivity contribution in [2.75, 3.05) is 6.54 Å². The first-order valence-electron chi connectivity index (χ1n) is 6.39. The summed E-state index contributed by atoms with van der Waals surface area (Å²) in [6.45, 7) is 0.501. The van der Waals surface area contributed by atoms with Gasteiger partial charge in [0.05, 0.1) is 0 Å². The van der Waals surface area contributed by atoms with Crippen molar-refractivity contribution >= 4 is 0 Å². The summed E-state index contributed by atoms with van der Waals surface area (Å²) in [4.78, 5) is 0. The fraction of sp³-hybridized carbons (Fsp3) is 0.250. The van der Waals surface area contributed by atoms with Gasteiger partial charge in [0.1, 0.15) is 11.6 Å². The van der Waals surface area contributed by atoms with Crippen molar-refractivity contribution in [3.05, 3.63) is 71.3 Å². The molecule has 1 atom stereocenters. The van der Waals surface area contributed by atoms with E-state index in [9.17, 15) is 8.78 Å². The second kappa shape index (κ2) is 6.43. The second-order valence-electron chi connectivity index (χ2n) is 4.62. The van der Waals surface area contributed by atoms with Gasteiger partial charge in [-0.2, -0.15) is 0 Å². The maximum atomic E-state index is 13.5. The molecule has 0 fully saturated rings. The second-order valence-corrected chi connectivity index (χ2v) is 4.62. The molecule has 0 saturated heterocycles. The van der Waals surface area contributed by atoms with Gasteiger partial charge in [-0.25, -0.2) is 8.78 Å². The van der Waals surface area contributed by atoms with Crippen LogP contribution in [0.3, 0.4) is 0 Å². The van der Waals surface area contributed by atoms with E-state index in [0.717, 1.165) is 11.6 Å². The highest BCUT2D eigenvalue weighted by Crippen LogP contribution is 2.22. The Hall–Kier alpha value is -1.74. The minimum Gasteiger partial charge on any atom is -0.330 e. The lowest BCUT2D eigenvalue weighted by atomic mass is 9.92. The van der Waals surface area contributed by atoms with E-state index in [-0.39, 0.29) is 11.7 Å². The Balaban J connectivity index is 2.06. The smallest absolute Gasteiger partial charge is 0.126 e. The molecule has 2 rings (SSSR count). The molecule has 19 heavy (non-hydrogen) atoms. The van der Waals surface area contributed by atoms with Crippen molar-refractivity contribution < 1.29 is 8.78 Å². The molecule has 2 aromatic rings. The van der Waals surface area contributed by atoms with Gasteiger partial charge in [-0.3, -0.25) is 0 Å². The van der Waals surface area contributed by atoms with Gasteiger partial charge in [-0.05, 0) is 54.6 Å². The monoisotopic (exact) mass is 261 g/mol. The molecule has 1 nitrogen and oxygen atoms in total. The first-order chi connectivity index (χ1) is 9.20. The number of halogens is 2. The Morgan fingerprint density at radius 3 is 2.42 bits per heavy atom. The molecule has 0 amide bonds. The Kier molecular flexibility index (Phi) is 4.63. The van der Waals surface area contributed by atoms with E-state index < -0.39 is 5.82 Å². The third-order valence-electron chi connectivity index (χ3n) is 3.33. The zero-order valence-electron chi connectivity index (χ0n) is 10.7. The number of nitrogens with two attached hydrogens (primary N) is 1. The summed E-state index contributed by atoms with van der Waals surface area (Å²) in [5.41, 5.74) is 7.32. The van der Waals surface area contributed by atoms with E-state index in [0.29, 0.717) is 24.9 Å². The molecule has 0 heterocycles. The standard InChI is InChI=1S/C16H17F2N/c17-15-8-9-16(18)13(10-15)6-7-14(11-19)12-4-2-1-3-5-12/h1-5,8-10,14H,6-7,11,19H2. The average Bonchev–Trinajstić information content (AvgIpc) is 2.44. The van der Waals surface area contributed by atoms with Crippen molar-refractivity contribution in [2.24, 2.45) is 5.73 Å². The summed E-state index contributed by atoms with van der Waals surface area (Å²) in [6, 6.07) is 13.5. The van der Waals surface area contributed by atoms with E-state index in [2.05, 4.69) is 0 Å². The van der Waals surface area contributed by atoms with Crippen LogP contribution in [-0.2, 0) is 6.42 Å². The molecular weight excluding hydrogens is 244 g/mol. The van der Waals surface area contributed by atoms with Crippen LogP contribution in [0.4, 0.5) is 8.78 Å². The minimum atomic E-state index is -0.402. The van der Waals surface area contributed by atoms with Gasteiger partial charge in [0, 0.05) is 0 Å². The molecule has 0 aromatic heterocycles. The first kappa shape index (κ1) is 13.7. The van der Waals surface area contributed by atoms with Gasteiger partial charge in [-0.15, -0.1) is 0 Å². The molecule has 100 valence electrons. The predicted octanol–water partition coefficient (Wildman–Crippen LogP) is 3.64. The van der Waals surface area contributed by atoms with Crippen LogP contribution < -0.4 is 5.73 Å². The zero-order valence-corrected chi connectivity index (χ0v) is 10.7. The maximum absolute atomic E-state index is 13.5. The van der Waals surface area contributed by atoms with Crippen LogP contribution in [0.5, 0.6) is 0 Å². The highest BCUT2D eigenvalue weighted by atomic mass is 19.1. The van der Waals surface area contributed by atoms with E-state index in [1.165, 1.54) is 12.1 Å². The quantitative estimate of drug-likeness (QED) is 0.873. The van der Waals surface area contributed by atoms with Gasteiger partial charge in [0.2, 0.25) is 0 Å². The Labute approximate surface area is 112 Å². The van der Waals surface area contributed by atoms with Crippen LogP contribution in [0.2, 0.25) is 0 Å². The molecular formula is C16H17F2N. The summed E-state index contributed by atoms with van der Waals surface area (Å²) in [6.07, 6.45) is 1.20. The molecule has 0 aliphatic heterocycles. The fourth-order valence-corrected chi connectivity index (χ4v) is 2.21. The number of rotatable bonds is 5. The van der Waals surface area contributed by atoms with E-state index in [4.69, 9.17) is 5.73 Å².